The smallest absolute Gasteiger partial charge is 0.191 e. The number of nitrogens with zero attached hydrogens (tertiary/aromatic N) is 2. The van der Waals surface area contributed by atoms with Gasteiger partial charge in [0, 0.05) is 48.8 Å². The molecule has 1 aliphatic carbocycles. The van der Waals surface area contributed by atoms with E-state index in [0.717, 1.165) is 27.8 Å². The number of hydrogen-bond acceptors (Lipinski definition) is 3. The molecule has 1 saturated heterocycles. The number of ether oxygens (including phenoxy) is 1. The molecule has 1 aromatic rings. The van der Waals surface area contributed by atoms with Gasteiger partial charge >= 0.3 is 0 Å². The topological polar surface area (TPSA) is 48.9 Å². The molecule has 0 spiro atoms. The number of rotatable bonds is 5. The van der Waals surface area contributed by atoms with Gasteiger partial charge in [-0.15, -0.1) is 24.0 Å². The third-order valence-corrected chi connectivity index (χ3v) is 6.12. The molecule has 0 unspecified atom stereocenters. The Balaban J connectivity index is 0.00000261. The second-order valence-corrected chi connectivity index (χ2v) is 8.19. The normalized spacial score (nSPS) is 19.6. The fraction of sp³-hybridized carbons (Fsp3) is 0.650. The lowest BCUT2D eigenvalue weighted by Gasteiger charge is -2.36. The molecule has 3 rings (SSSR count). The van der Waals surface area contributed by atoms with Crippen molar-refractivity contribution in [1.29, 1.82) is 0 Å². The Morgan fingerprint density at radius 3 is 2.56 bits per heavy atom. The van der Waals surface area contributed by atoms with Crippen molar-refractivity contribution in [2.24, 2.45) is 4.99 Å². The van der Waals surface area contributed by atoms with Gasteiger partial charge in [-0.25, -0.2) is 0 Å². The molecule has 1 heterocycles. The number of methoxy groups -OCH3 is 1. The molecule has 152 valence electrons. The zero-order valence-corrected chi connectivity index (χ0v) is 20.3. The monoisotopic (exact) mass is 550 g/mol. The summed E-state index contributed by atoms with van der Waals surface area (Å²) in [7, 11) is 3.54. The highest BCUT2D eigenvalue weighted by Gasteiger charge is 2.27. The maximum absolute atomic E-state index is 5.45. The van der Waals surface area contributed by atoms with E-state index in [9.17, 15) is 0 Å². The minimum absolute atomic E-state index is 0. The first-order valence-electron chi connectivity index (χ1n) is 9.73. The van der Waals surface area contributed by atoms with Gasteiger partial charge in [-0.1, -0.05) is 28.8 Å². The Bertz CT molecular complexity index is 614. The van der Waals surface area contributed by atoms with Crippen molar-refractivity contribution in [2.75, 3.05) is 27.2 Å². The highest BCUT2D eigenvalue weighted by molar-refractivity contribution is 14.0. The van der Waals surface area contributed by atoms with Crippen LogP contribution in [0, 0.1) is 0 Å². The Labute approximate surface area is 188 Å². The lowest BCUT2D eigenvalue weighted by Crippen LogP contribution is -2.50. The Morgan fingerprint density at radius 2 is 1.93 bits per heavy atom. The van der Waals surface area contributed by atoms with Crippen LogP contribution in [-0.2, 0) is 6.54 Å². The molecule has 27 heavy (non-hydrogen) atoms. The zero-order chi connectivity index (χ0) is 18.4. The summed E-state index contributed by atoms with van der Waals surface area (Å²) in [6.07, 6.45) is 8.01. The Hall–Kier alpha value is -0.540. The van der Waals surface area contributed by atoms with Crippen molar-refractivity contribution in [3.05, 3.63) is 28.2 Å². The molecule has 0 atom stereocenters. The highest BCUT2D eigenvalue weighted by atomic mass is 127. The summed E-state index contributed by atoms with van der Waals surface area (Å²) in [5, 5.41) is 7.02. The van der Waals surface area contributed by atoms with Crippen molar-refractivity contribution in [3.63, 3.8) is 0 Å². The quantitative estimate of drug-likeness (QED) is 0.328. The number of aliphatic imine (C=N–C) groups is 1. The van der Waals surface area contributed by atoms with Crippen LogP contribution in [0.5, 0.6) is 5.75 Å². The van der Waals surface area contributed by atoms with Gasteiger partial charge in [0.2, 0.25) is 0 Å². The van der Waals surface area contributed by atoms with Crippen molar-refractivity contribution in [3.8, 4) is 5.75 Å². The van der Waals surface area contributed by atoms with Gasteiger partial charge in [0.25, 0.3) is 0 Å². The molecule has 2 aliphatic rings. The van der Waals surface area contributed by atoms with Gasteiger partial charge in [-0.2, -0.15) is 0 Å². The number of piperidine rings is 1. The number of nitrogens with one attached hydrogen (secondary N) is 2. The van der Waals surface area contributed by atoms with Gasteiger partial charge in [-0.05, 0) is 43.9 Å². The zero-order valence-electron chi connectivity index (χ0n) is 16.3. The number of likely N-dealkylation sites (tertiary alicyclic amines) is 1. The van der Waals surface area contributed by atoms with E-state index in [1.54, 1.807) is 7.11 Å². The molecule has 1 aliphatic heterocycles. The van der Waals surface area contributed by atoms with E-state index >= 15 is 0 Å². The predicted molar refractivity (Wildman–Crippen MR) is 126 cm³/mol. The van der Waals surface area contributed by atoms with Crippen LogP contribution >= 0.6 is 39.9 Å². The van der Waals surface area contributed by atoms with Crippen molar-refractivity contribution >= 4 is 45.9 Å². The van der Waals surface area contributed by atoms with Gasteiger partial charge < -0.3 is 20.3 Å². The minimum Gasteiger partial charge on any atom is -0.496 e. The fourth-order valence-corrected chi connectivity index (χ4v) is 4.54. The maximum Gasteiger partial charge on any atom is 0.191 e. The highest BCUT2D eigenvalue weighted by Crippen LogP contribution is 2.26. The largest absolute Gasteiger partial charge is 0.496 e. The average Bonchev–Trinajstić information content (AvgIpc) is 3.20. The third kappa shape index (κ3) is 6.49. The summed E-state index contributed by atoms with van der Waals surface area (Å²) in [5.74, 6) is 1.76. The molecule has 5 nitrogen and oxygen atoms in total. The Morgan fingerprint density at radius 1 is 1.22 bits per heavy atom. The first-order chi connectivity index (χ1) is 12.7. The first-order valence-corrected chi connectivity index (χ1v) is 10.5. The number of benzene rings is 1. The molecule has 0 amide bonds. The summed E-state index contributed by atoms with van der Waals surface area (Å²) in [6.45, 7) is 3.10. The maximum atomic E-state index is 5.45. The molecule has 0 aromatic heterocycles. The van der Waals surface area contributed by atoms with E-state index < -0.39 is 0 Å². The van der Waals surface area contributed by atoms with Gasteiger partial charge in [-0.3, -0.25) is 4.99 Å². The SMILES string of the molecule is CN=C(NCc1cc(Br)ccc1OC)NC1CCN(C2CCCC2)CC1.I. The van der Waals surface area contributed by atoms with E-state index in [-0.39, 0.29) is 24.0 Å². The van der Waals surface area contributed by atoms with Crippen molar-refractivity contribution in [1.82, 2.24) is 15.5 Å². The van der Waals surface area contributed by atoms with Crippen LogP contribution < -0.4 is 15.4 Å². The Kier molecular flexibility index (Phi) is 9.65. The van der Waals surface area contributed by atoms with E-state index in [2.05, 4.69) is 42.5 Å². The van der Waals surface area contributed by atoms with Crippen LogP contribution in [0.1, 0.15) is 44.1 Å². The average molecular weight is 551 g/mol. The van der Waals surface area contributed by atoms with Crippen molar-refractivity contribution < 1.29 is 4.74 Å². The summed E-state index contributed by atoms with van der Waals surface area (Å²) in [4.78, 5) is 7.10. The lowest BCUT2D eigenvalue weighted by molar-refractivity contribution is 0.150. The minimum atomic E-state index is 0. The van der Waals surface area contributed by atoms with Crippen LogP contribution in [0.15, 0.2) is 27.7 Å². The van der Waals surface area contributed by atoms with E-state index in [4.69, 9.17) is 4.74 Å². The lowest BCUT2D eigenvalue weighted by atomic mass is 10.0. The van der Waals surface area contributed by atoms with E-state index in [0.29, 0.717) is 12.6 Å². The summed E-state index contributed by atoms with van der Waals surface area (Å²) in [5.41, 5.74) is 1.11. The molecule has 2 fully saturated rings. The van der Waals surface area contributed by atoms with Gasteiger partial charge in [0.05, 0.1) is 7.11 Å². The van der Waals surface area contributed by atoms with Crippen LogP contribution in [0.4, 0.5) is 0 Å². The standard InChI is InChI=1S/C20H31BrN4O.HI/c1-22-20(23-14-15-13-16(21)7-8-19(15)26-2)24-17-9-11-25(12-10-17)18-5-3-4-6-18;/h7-8,13,17-18H,3-6,9-12,14H2,1-2H3,(H2,22,23,24);1H. The van der Waals surface area contributed by atoms with E-state index in [1.165, 1.54) is 51.6 Å². The second-order valence-electron chi connectivity index (χ2n) is 7.27. The summed E-state index contributed by atoms with van der Waals surface area (Å²) >= 11 is 3.53. The van der Waals surface area contributed by atoms with Crippen LogP contribution in [-0.4, -0.2) is 50.2 Å². The summed E-state index contributed by atoms with van der Waals surface area (Å²) in [6, 6.07) is 7.41. The first kappa shape index (κ1) is 22.7. The summed E-state index contributed by atoms with van der Waals surface area (Å²) < 4.78 is 6.50. The molecule has 2 N–H and O–H groups in total. The fourth-order valence-electron chi connectivity index (χ4n) is 4.13. The van der Waals surface area contributed by atoms with Gasteiger partial charge in [0.15, 0.2) is 5.96 Å². The van der Waals surface area contributed by atoms with E-state index in [1.807, 2.05) is 19.2 Å². The van der Waals surface area contributed by atoms with Crippen LogP contribution in [0.25, 0.3) is 0 Å². The molecule has 0 bridgehead atoms. The van der Waals surface area contributed by atoms with Crippen molar-refractivity contribution in [2.45, 2.75) is 57.2 Å². The number of guanidine groups is 1. The molecule has 1 saturated carbocycles. The van der Waals surface area contributed by atoms with Gasteiger partial charge in [0.1, 0.15) is 5.75 Å². The predicted octanol–water partition coefficient (Wildman–Crippen LogP) is 4.15. The molecule has 1 aromatic carbocycles. The second kappa shape index (κ2) is 11.5. The number of halogens is 2. The van der Waals surface area contributed by atoms with Crippen LogP contribution in [0.3, 0.4) is 0 Å². The third-order valence-electron chi connectivity index (χ3n) is 5.62. The molecular formula is C20H32BrIN4O. The molecule has 7 heteroatoms. The number of hydrogen-bond donors (Lipinski definition) is 2. The molecule has 0 radical (unpaired) electrons. The molecular weight excluding hydrogens is 519 g/mol. The van der Waals surface area contributed by atoms with Crippen LogP contribution in [0.2, 0.25) is 0 Å².